The van der Waals surface area contributed by atoms with E-state index in [1.807, 2.05) is 16.8 Å². The minimum absolute atomic E-state index is 0.530. The summed E-state index contributed by atoms with van der Waals surface area (Å²) >= 11 is 3.07. The molecule has 0 aliphatic rings. The van der Waals surface area contributed by atoms with Crippen molar-refractivity contribution in [3.8, 4) is 17.1 Å². The number of rotatable bonds is 8. The summed E-state index contributed by atoms with van der Waals surface area (Å²) in [5.41, 5.74) is 3.21. The first-order valence-corrected chi connectivity index (χ1v) is 10.6. The van der Waals surface area contributed by atoms with Gasteiger partial charge in [0.15, 0.2) is 5.82 Å². The molecule has 0 bridgehead atoms. The normalized spacial score (nSPS) is 11.1. The van der Waals surface area contributed by atoms with E-state index in [1.54, 1.807) is 16.0 Å². The number of unbranched alkanes of at least 4 members (excludes halogenated alkanes) is 1. The molecular weight excluding hydrogens is 380 g/mol. The molecule has 4 rings (SSSR count). The minimum Gasteiger partial charge on any atom is -0.334 e. The van der Waals surface area contributed by atoms with Gasteiger partial charge in [-0.1, -0.05) is 42.4 Å². The molecule has 1 aromatic carbocycles. The summed E-state index contributed by atoms with van der Waals surface area (Å²) in [4.78, 5) is 4.42. The number of aromatic nitrogens is 6. The Kier molecular flexibility index (Phi) is 5.59. The van der Waals surface area contributed by atoms with Crippen molar-refractivity contribution in [3.63, 3.8) is 0 Å². The first-order chi connectivity index (χ1) is 13.3. The summed E-state index contributed by atoms with van der Waals surface area (Å²) in [6.07, 6.45) is 3.49. The fraction of sp³-hybridized carbons (Fsp3) is 0.278. The number of hydrogen-bond acceptors (Lipinski definition) is 8. The predicted molar refractivity (Wildman–Crippen MR) is 105 cm³/mol. The maximum absolute atomic E-state index is 5.31. The van der Waals surface area contributed by atoms with Gasteiger partial charge in [0, 0.05) is 5.38 Å². The maximum atomic E-state index is 5.31. The van der Waals surface area contributed by atoms with E-state index < -0.39 is 0 Å². The molecule has 0 saturated carbocycles. The zero-order valence-electron chi connectivity index (χ0n) is 14.8. The van der Waals surface area contributed by atoms with E-state index in [2.05, 4.69) is 56.9 Å². The van der Waals surface area contributed by atoms with Crippen LogP contribution in [0.4, 0.5) is 0 Å². The van der Waals surface area contributed by atoms with Gasteiger partial charge < -0.3 is 4.52 Å². The Labute approximate surface area is 164 Å². The van der Waals surface area contributed by atoms with E-state index in [9.17, 15) is 0 Å². The molecule has 0 N–H and O–H groups in total. The van der Waals surface area contributed by atoms with Crippen molar-refractivity contribution in [2.45, 2.75) is 37.1 Å². The summed E-state index contributed by atoms with van der Waals surface area (Å²) in [5.74, 6) is 1.68. The van der Waals surface area contributed by atoms with Gasteiger partial charge in [-0.25, -0.2) is 0 Å². The first kappa shape index (κ1) is 17.9. The highest BCUT2D eigenvalue weighted by Crippen LogP contribution is 2.24. The monoisotopic (exact) mass is 398 g/mol. The summed E-state index contributed by atoms with van der Waals surface area (Å²) in [5, 5.41) is 20.7. The highest BCUT2D eigenvalue weighted by atomic mass is 32.2. The number of aryl methyl sites for hydroxylation is 1. The Morgan fingerprint density at radius 1 is 1.19 bits per heavy atom. The number of tetrazole rings is 1. The molecule has 7 nitrogen and oxygen atoms in total. The molecule has 3 heterocycles. The number of benzene rings is 1. The van der Waals surface area contributed by atoms with Crippen LogP contribution in [0.15, 0.2) is 50.8 Å². The van der Waals surface area contributed by atoms with E-state index in [0.717, 1.165) is 17.7 Å². The molecule has 4 aromatic rings. The van der Waals surface area contributed by atoms with Crippen molar-refractivity contribution in [1.29, 1.82) is 0 Å². The van der Waals surface area contributed by atoms with E-state index in [4.69, 9.17) is 4.52 Å². The average Bonchev–Trinajstić information content (AvgIpc) is 3.46. The van der Waals surface area contributed by atoms with Crippen LogP contribution in [0.3, 0.4) is 0 Å². The summed E-state index contributed by atoms with van der Waals surface area (Å²) in [6.45, 7) is 2.20. The van der Waals surface area contributed by atoms with Crippen molar-refractivity contribution >= 4 is 23.1 Å². The predicted octanol–water partition coefficient (Wildman–Crippen LogP) is 4.41. The Hall–Kier alpha value is -2.52. The van der Waals surface area contributed by atoms with Crippen LogP contribution < -0.4 is 0 Å². The third-order valence-electron chi connectivity index (χ3n) is 4.01. The third kappa shape index (κ3) is 4.25. The van der Waals surface area contributed by atoms with E-state index in [-0.39, 0.29) is 0 Å². The molecule has 0 spiro atoms. The maximum Gasteiger partial charge on any atom is 0.258 e. The molecule has 0 aliphatic heterocycles. The van der Waals surface area contributed by atoms with Crippen LogP contribution in [0.1, 0.15) is 31.2 Å². The second-order valence-corrected chi connectivity index (χ2v) is 7.68. The van der Waals surface area contributed by atoms with Crippen LogP contribution >= 0.6 is 23.1 Å². The highest BCUT2D eigenvalue weighted by Gasteiger charge is 2.13. The lowest BCUT2D eigenvalue weighted by atomic mass is 10.1. The van der Waals surface area contributed by atoms with E-state index in [0.29, 0.717) is 22.6 Å². The second kappa shape index (κ2) is 8.45. The third-order valence-corrected chi connectivity index (χ3v) is 5.61. The highest BCUT2D eigenvalue weighted by molar-refractivity contribution is 7.98. The fourth-order valence-electron chi connectivity index (χ4n) is 2.56. The summed E-state index contributed by atoms with van der Waals surface area (Å²) in [6, 6.07) is 10.3. The Bertz CT molecular complexity index is 978. The minimum atomic E-state index is 0.530. The van der Waals surface area contributed by atoms with Crippen LogP contribution in [0.2, 0.25) is 0 Å². The largest absolute Gasteiger partial charge is 0.334 e. The van der Waals surface area contributed by atoms with Crippen LogP contribution in [0.5, 0.6) is 0 Å². The van der Waals surface area contributed by atoms with Gasteiger partial charge in [0.2, 0.25) is 5.16 Å². The summed E-state index contributed by atoms with van der Waals surface area (Å²) in [7, 11) is 0. The zero-order chi connectivity index (χ0) is 18.5. The molecule has 3 aromatic heterocycles. The lowest BCUT2D eigenvalue weighted by molar-refractivity contribution is 0.425. The quantitative estimate of drug-likeness (QED) is 0.407. The molecular formula is C18H18N6OS2. The Balaban J connectivity index is 1.43. The molecule has 0 atom stereocenters. The molecule has 27 heavy (non-hydrogen) atoms. The van der Waals surface area contributed by atoms with Gasteiger partial charge in [-0.05, 0) is 52.4 Å². The van der Waals surface area contributed by atoms with Gasteiger partial charge >= 0.3 is 0 Å². The Morgan fingerprint density at radius 3 is 2.85 bits per heavy atom. The molecule has 9 heteroatoms. The van der Waals surface area contributed by atoms with Gasteiger partial charge in [0.05, 0.1) is 17.0 Å². The van der Waals surface area contributed by atoms with Crippen molar-refractivity contribution in [3.05, 3.63) is 52.5 Å². The number of hydrogen-bond donors (Lipinski definition) is 0. The van der Waals surface area contributed by atoms with Gasteiger partial charge in [-0.15, -0.1) is 5.10 Å². The smallest absolute Gasteiger partial charge is 0.258 e. The zero-order valence-corrected chi connectivity index (χ0v) is 16.4. The molecule has 0 unspecified atom stereocenters. The number of thioether (sulfide) groups is 1. The molecule has 0 amide bonds. The molecule has 0 aliphatic carbocycles. The molecule has 0 fully saturated rings. The van der Waals surface area contributed by atoms with Crippen LogP contribution in [-0.2, 0) is 12.2 Å². The van der Waals surface area contributed by atoms with Gasteiger partial charge in [-0.2, -0.15) is 21.0 Å². The standard InChI is InChI=1S/C18H18N6OS2/c1-2-3-4-13-5-7-15(8-6-13)24-18(20-22-23-24)27-12-16-19-17(25-21-16)14-9-10-26-11-14/h5-11H,2-4,12H2,1H3. The number of nitrogens with zero attached hydrogens (tertiary/aromatic N) is 6. The van der Waals surface area contributed by atoms with Crippen LogP contribution in [0, 0.1) is 0 Å². The van der Waals surface area contributed by atoms with Crippen LogP contribution in [0.25, 0.3) is 17.1 Å². The van der Waals surface area contributed by atoms with Gasteiger partial charge in [-0.3, -0.25) is 0 Å². The SMILES string of the molecule is CCCCc1ccc(-n2nnnc2SCc2noc(-c3ccsc3)n2)cc1. The van der Waals surface area contributed by atoms with Crippen molar-refractivity contribution in [2.24, 2.45) is 0 Å². The Morgan fingerprint density at radius 2 is 2.07 bits per heavy atom. The summed E-state index contributed by atoms with van der Waals surface area (Å²) < 4.78 is 7.04. The van der Waals surface area contributed by atoms with Gasteiger partial charge in [0.1, 0.15) is 0 Å². The molecule has 0 radical (unpaired) electrons. The molecule has 0 saturated heterocycles. The van der Waals surface area contributed by atoms with Crippen molar-refractivity contribution < 1.29 is 4.52 Å². The van der Waals surface area contributed by atoms with E-state index in [1.165, 1.54) is 30.2 Å². The van der Waals surface area contributed by atoms with Crippen molar-refractivity contribution in [2.75, 3.05) is 0 Å². The first-order valence-electron chi connectivity index (χ1n) is 8.69. The lowest BCUT2D eigenvalue weighted by Gasteiger charge is -2.05. The average molecular weight is 399 g/mol. The lowest BCUT2D eigenvalue weighted by Crippen LogP contribution is -1.99. The van der Waals surface area contributed by atoms with Crippen molar-refractivity contribution in [1.82, 2.24) is 30.3 Å². The van der Waals surface area contributed by atoms with Gasteiger partial charge in [0.25, 0.3) is 5.89 Å². The number of thiophene rings is 1. The molecule has 138 valence electrons. The fourth-order valence-corrected chi connectivity index (χ4v) is 3.92. The topological polar surface area (TPSA) is 82.5 Å². The van der Waals surface area contributed by atoms with E-state index >= 15 is 0 Å². The van der Waals surface area contributed by atoms with Crippen LogP contribution in [-0.4, -0.2) is 30.3 Å². The second-order valence-electron chi connectivity index (χ2n) is 5.96.